The van der Waals surface area contributed by atoms with Gasteiger partial charge in [0.25, 0.3) is 0 Å². The van der Waals surface area contributed by atoms with E-state index in [1.54, 1.807) is 7.05 Å². The molecule has 5 heteroatoms. The number of likely N-dealkylation sites (N-methyl/N-ethyl adjacent to an activating group) is 1. The quantitative estimate of drug-likeness (QED) is 0.687. The number of hydrogen-bond acceptors (Lipinski definition) is 4. The van der Waals surface area contributed by atoms with Crippen molar-refractivity contribution in [3.05, 3.63) is 0 Å². The van der Waals surface area contributed by atoms with Crippen molar-refractivity contribution in [1.82, 2.24) is 10.2 Å². The van der Waals surface area contributed by atoms with Gasteiger partial charge in [-0.05, 0) is 6.42 Å². The van der Waals surface area contributed by atoms with Crippen LogP contribution < -0.4 is 5.32 Å². The van der Waals surface area contributed by atoms with E-state index in [0.29, 0.717) is 17.7 Å². The van der Waals surface area contributed by atoms with Crippen LogP contribution in [0, 0.1) is 0 Å². The number of carbonyl (C=O) groups excluding carboxylic acids is 2. The Morgan fingerprint density at radius 1 is 1.47 bits per heavy atom. The number of amides is 2. The summed E-state index contributed by atoms with van der Waals surface area (Å²) in [6, 6.07) is 0.108. The normalized spacial score (nSPS) is 36.7. The SMILES string of the molecule is CC1CC(NC2CC(=O)N(C)C2=O)CS1. The summed E-state index contributed by atoms with van der Waals surface area (Å²) >= 11 is 1.92. The highest BCUT2D eigenvalue weighted by Crippen LogP contribution is 2.27. The maximum absolute atomic E-state index is 11.6. The highest BCUT2D eigenvalue weighted by Gasteiger charge is 2.37. The average Bonchev–Trinajstić information content (AvgIpc) is 2.68. The van der Waals surface area contributed by atoms with E-state index in [-0.39, 0.29) is 17.9 Å². The van der Waals surface area contributed by atoms with Gasteiger partial charge in [0, 0.05) is 24.1 Å². The highest BCUT2D eigenvalue weighted by molar-refractivity contribution is 8.00. The van der Waals surface area contributed by atoms with Gasteiger partial charge >= 0.3 is 0 Å². The van der Waals surface area contributed by atoms with Crippen molar-refractivity contribution in [3.8, 4) is 0 Å². The van der Waals surface area contributed by atoms with Crippen LogP contribution in [-0.4, -0.2) is 46.8 Å². The lowest BCUT2D eigenvalue weighted by molar-refractivity contribution is -0.137. The molecule has 2 rings (SSSR count). The molecule has 0 bridgehead atoms. The molecule has 15 heavy (non-hydrogen) atoms. The van der Waals surface area contributed by atoms with E-state index in [0.717, 1.165) is 12.2 Å². The molecule has 3 atom stereocenters. The summed E-state index contributed by atoms with van der Waals surface area (Å²) in [5.74, 6) is 0.892. The van der Waals surface area contributed by atoms with E-state index in [9.17, 15) is 9.59 Å². The number of rotatable bonds is 2. The molecule has 3 unspecified atom stereocenters. The maximum Gasteiger partial charge on any atom is 0.246 e. The van der Waals surface area contributed by atoms with Gasteiger partial charge in [-0.1, -0.05) is 6.92 Å². The zero-order valence-corrected chi connectivity index (χ0v) is 9.84. The Labute approximate surface area is 93.8 Å². The minimum atomic E-state index is -0.279. The van der Waals surface area contributed by atoms with Crippen molar-refractivity contribution in [2.24, 2.45) is 0 Å². The van der Waals surface area contributed by atoms with Crippen molar-refractivity contribution in [2.45, 2.75) is 37.1 Å². The molecule has 0 radical (unpaired) electrons. The first-order chi connectivity index (χ1) is 7.08. The van der Waals surface area contributed by atoms with Gasteiger partial charge in [0.05, 0.1) is 12.5 Å². The third kappa shape index (κ3) is 2.18. The van der Waals surface area contributed by atoms with Gasteiger partial charge in [0.1, 0.15) is 0 Å². The molecule has 4 nitrogen and oxygen atoms in total. The molecule has 0 aromatic rings. The molecule has 2 aliphatic heterocycles. The molecule has 2 amide bonds. The lowest BCUT2D eigenvalue weighted by Crippen LogP contribution is -2.43. The van der Waals surface area contributed by atoms with Crippen LogP contribution in [0.2, 0.25) is 0 Å². The van der Waals surface area contributed by atoms with Crippen LogP contribution in [0.25, 0.3) is 0 Å². The molecule has 2 heterocycles. The van der Waals surface area contributed by atoms with Crippen LogP contribution in [-0.2, 0) is 9.59 Å². The van der Waals surface area contributed by atoms with Gasteiger partial charge in [-0.25, -0.2) is 0 Å². The van der Waals surface area contributed by atoms with Crippen molar-refractivity contribution in [1.29, 1.82) is 0 Å². The largest absolute Gasteiger partial charge is 0.302 e. The Morgan fingerprint density at radius 3 is 2.67 bits per heavy atom. The molecule has 2 saturated heterocycles. The second-order valence-electron chi connectivity index (χ2n) is 4.29. The van der Waals surface area contributed by atoms with Crippen LogP contribution in [0.4, 0.5) is 0 Å². The fourth-order valence-electron chi connectivity index (χ4n) is 2.10. The summed E-state index contributed by atoms with van der Waals surface area (Å²) in [7, 11) is 1.55. The lowest BCUT2D eigenvalue weighted by Gasteiger charge is -2.16. The summed E-state index contributed by atoms with van der Waals surface area (Å²) in [5.41, 5.74) is 0. The summed E-state index contributed by atoms with van der Waals surface area (Å²) in [6.45, 7) is 2.19. The van der Waals surface area contributed by atoms with Crippen LogP contribution in [0.5, 0.6) is 0 Å². The molecule has 1 N–H and O–H groups in total. The number of thioether (sulfide) groups is 1. The molecular formula is C10H16N2O2S. The van der Waals surface area contributed by atoms with E-state index in [1.165, 1.54) is 4.90 Å². The van der Waals surface area contributed by atoms with Crippen LogP contribution in [0.15, 0.2) is 0 Å². The molecular weight excluding hydrogens is 212 g/mol. The van der Waals surface area contributed by atoms with Gasteiger partial charge in [-0.2, -0.15) is 11.8 Å². The molecule has 2 fully saturated rings. The number of nitrogens with one attached hydrogen (secondary N) is 1. The van der Waals surface area contributed by atoms with E-state index in [2.05, 4.69) is 12.2 Å². The number of nitrogens with zero attached hydrogens (tertiary/aromatic N) is 1. The van der Waals surface area contributed by atoms with Gasteiger partial charge in [0.2, 0.25) is 11.8 Å². The number of hydrogen-bond donors (Lipinski definition) is 1. The first-order valence-corrected chi connectivity index (χ1v) is 6.31. The maximum atomic E-state index is 11.6. The minimum absolute atomic E-state index is 0.0730. The minimum Gasteiger partial charge on any atom is -0.302 e. The van der Waals surface area contributed by atoms with Crippen molar-refractivity contribution in [3.63, 3.8) is 0 Å². The molecule has 2 aliphatic rings. The first-order valence-electron chi connectivity index (χ1n) is 5.26. The topological polar surface area (TPSA) is 49.4 Å². The fourth-order valence-corrected chi connectivity index (χ4v) is 3.27. The number of imide groups is 1. The van der Waals surface area contributed by atoms with Crippen molar-refractivity contribution < 1.29 is 9.59 Å². The molecule has 0 aromatic heterocycles. The Morgan fingerprint density at radius 2 is 2.20 bits per heavy atom. The zero-order valence-electron chi connectivity index (χ0n) is 9.03. The molecule has 0 saturated carbocycles. The predicted molar refractivity (Wildman–Crippen MR) is 59.6 cm³/mol. The van der Waals surface area contributed by atoms with Crippen molar-refractivity contribution in [2.75, 3.05) is 12.8 Å². The highest BCUT2D eigenvalue weighted by atomic mass is 32.2. The van der Waals surface area contributed by atoms with E-state index in [1.807, 2.05) is 11.8 Å². The summed E-state index contributed by atoms with van der Waals surface area (Å²) in [6.07, 6.45) is 1.41. The molecule has 0 aromatic carbocycles. The second kappa shape index (κ2) is 4.14. The van der Waals surface area contributed by atoms with Crippen molar-refractivity contribution >= 4 is 23.6 Å². The molecule has 0 aliphatic carbocycles. The Hall–Kier alpha value is -0.550. The summed E-state index contributed by atoms with van der Waals surface area (Å²) < 4.78 is 0. The summed E-state index contributed by atoms with van der Waals surface area (Å²) in [4.78, 5) is 24.1. The average molecular weight is 228 g/mol. The van der Waals surface area contributed by atoms with Gasteiger partial charge in [0.15, 0.2) is 0 Å². The van der Waals surface area contributed by atoms with Gasteiger partial charge < -0.3 is 5.32 Å². The van der Waals surface area contributed by atoms with Crippen LogP contribution in [0.3, 0.4) is 0 Å². The smallest absolute Gasteiger partial charge is 0.246 e. The zero-order chi connectivity index (χ0) is 11.0. The van der Waals surface area contributed by atoms with E-state index >= 15 is 0 Å². The number of carbonyl (C=O) groups is 2. The Kier molecular flexibility index (Phi) is 3.02. The number of likely N-dealkylation sites (tertiary alicyclic amines) is 1. The molecule has 84 valence electrons. The van der Waals surface area contributed by atoms with E-state index in [4.69, 9.17) is 0 Å². The van der Waals surface area contributed by atoms with Crippen LogP contribution >= 0.6 is 11.8 Å². The monoisotopic (exact) mass is 228 g/mol. The van der Waals surface area contributed by atoms with Crippen LogP contribution in [0.1, 0.15) is 19.8 Å². The first kappa shape index (κ1) is 11.0. The standard InChI is InChI=1S/C10H16N2O2S/c1-6-3-7(5-15-6)11-8-4-9(13)12(2)10(8)14/h6-8,11H,3-5H2,1-2H3. The van der Waals surface area contributed by atoms with Gasteiger partial charge in [-0.15, -0.1) is 0 Å². The lowest BCUT2D eigenvalue weighted by atomic mass is 10.1. The Balaban J connectivity index is 1.90. The second-order valence-corrected chi connectivity index (χ2v) is 5.76. The summed E-state index contributed by atoms with van der Waals surface area (Å²) in [5, 5.41) is 3.95. The molecule has 0 spiro atoms. The third-order valence-corrected chi connectivity index (χ3v) is 4.37. The predicted octanol–water partition coefficient (Wildman–Crippen LogP) is 0.227. The fraction of sp³-hybridized carbons (Fsp3) is 0.800. The Bertz CT molecular complexity index is 295. The third-order valence-electron chi connectivity index (χ3n) is 3.02. The van der Waals surface area contributed by atoms with Gasteiger partial charge in [-0.3, -0.25) is 14.5 Å². The van der Waals surface area contributed by atoms with E-state index < -0.39 is 0 Å².